The Morgan fingerprint density at radius 2 is 1.93 bits per heavy atom. The average Bonchev–Trinajstić information content (AvgIpc) is 2.56. The van der Waals surface area contributed by atoms with Crippen LogP contribution in [0.2, 0.25) is 0 Å². The maximum atomic E-state index is 12.8. The summed E-state index contributed by atoms with van der Waals surface area (Å²) in [4.78, 5) is 50.1. The van der Waals surface area contributed by atoms with E-state index in [0.717, 1.165) is 0 Å². The van der Waals surface area contributed by atoms with Gasteiger partial charge in [0.15, 0.2) is 0 Å². The molecule has 2 rings (SSSR count). The number of carboxylic acids is 1. The van der Waals surface area contributed by atoms with E-state index in [1.54, 1.807) is 27.7 Å². The Labute approximate surface area is 174 Å². The van der Waals surface area contributed by atoms with Crippen LogP contribution < -0.4 is 10.6 Å². The Morgan fingerprint density at radius 1 is 1.31 bits per heavy atom. The first-order valence-corrected chi connectivity index (χ1v) is 10.5. The third-order valence-electron chi connectivity index (χ3n) is 4.37. The summed E-state index contributed by atoms with van der Waals surface area (Å²) in [5, 5.41) is 14.2. The van der Waals surface area contributed by atoms with Crippen molar-refractivity contribution >= 4 is 35.6 Å². The minimum atomic E-state index is -1.16. The number of carboxylic acid groups (broad SMARTS) is 1. The number of hydrogen-bond acceptors (Lipinski definition) is 6. The first kappa shape index (κ1) is 23.1. The van der Waals surface area contributed by atoms with Gasteiger partial charge in [-0.25, -0.2) is 9.59 Å². The number of nitrogens with one attached hydrogen (secondary N) is 2. The van der Waals surface area contributed by atoms with Crippen molar-refractivity contribution in [2.24, 2.45) is 5.92 Å². The van der Waals surface area contributed by atoms with Gasteiger partial charge in [0, 0.05) is 5.75 Å². The van der Waals surface area contributed by atoms with Crippen LogP contribution in [0, 0.1) is 5.92 Å². The first-order chi connectivity index (χ1) is 13.3. The molecule has 2 heterocycles. The number of carbonyl (C=O) groups is 4. The Bertz CT molecular complexity index is 743. The molecule has 0 aliphatic carbocycles. The Hall–Kier alpha value is -2.23. The van der Waals surface area contributed by atoms with Crippen molar-refractivity contribution in [1.82, 2.24) is 15.5 Å². The molecule has 0 aromatic heterocycles. The second-order valence-electron chi connectivity index (χ2n) is 8.66. The lowest BCUT2D eigenvalue weighted by Gasteiger charge is -2.49. The lowest BCUT2D eigenvalue weighted by molar-refractivity contribution is -0.151. The van der Waals surface area contributed by atoms with Crippen LogP contribution in [0.1, 0.15) is 48.0 Å². The smallest absolute Gasteiger partial charge is 0.408 e. The van der Waals surface area contributed by atoms with E-state index in [-0.39, 0.29) is 11.6 Å². The normalized spacial score (nSPS) is 22.6. The lowest BCUT2D eigenvalue weighted by Crippen LogP contribution is -2.71. The van der Waals surface area contributed by atoms with Gasteiger partial charge in [0.25, 0.3) is 5.91 Å². The van der Waals surface area contributed by atoms with E-state index in [2.05, 4.69) is 10.6 Å². The Morgan fingerprint density at radius 3 is 2.45 bits per heavy atom. The number of carbonyl (C=O) groups excluding carboxylic acids is 3. The molecule has 9 nitrogen and oxygen atoms in total. The highest BCUT2D eigenvalue weighted by molar-refractivity contribution is 8.00. The molecule has 0 radical (unpaired) electrons. The standard InChI is InChI=1S/C19H29N3O6S/c1-9(2)7-11(20-18(27)28-19(4,5)6)14(23)21-12-15(24)22-13(17(25)26)10(3)8-29-16(12)22/h9,11-12,16H,7-8H2,1-6H3,(H,20,27)(H,21,23)(H,25,26)/t11-,12+,16+/m0/s1. The summed E-state index contributed by atoms with van der Waals surface area (Å²) in [6.45, 7) is 10.7. The molecule has 1 fully saturated rings. The van der Waals surface area contributed by atoms with Crippen LogP contribution in [0.3, 0.4) is 0 Å². The zero-order valence-corrected chi connectivity index (χ0v) is 18.4. The summed E-state index contributed by atoms with van der Waals surface area (Å²) in [7, 11) is 0. The highest BCUT2D eigenvalue weighted by atomic mass is 32.2. The van der Waals surface area contributed by atoms with E-state index < -0.39 is 46.9 Å². The third-order valence-corrected chi connectivity index (χ3v) is 5.80. The fraction of sp³-hybridized carbons (Fsp3) is 0.684. The van der Waals surface area contributed by atoms with Crippen LogP contribution in [-0.4, -0.2) is 62.7 Å². The SMILES string of the molecule is CC1=C(C(=O)O)N2C(=O)[C@@H](NC(=O)[C@H](CC(C)C)NC(=O)OC(C)(C)C)[C@H]2SC1. The molecular weight excluding hydrogens is 398 g/mol. The molecule has 0 saturated carbocycles. The molecule has 162 valence electrons. The van der Waals surface area contributed by atoms with Crippen LogP contribution in [0.4, 0.5) is 4.79 Å². The number of hydrogen-bond donors (Lipinski definition) is 3. The second-order valence-corrected chi connectivity index (χ2v) is 9.76. The van der Waals surface area contributed by atoms with Crippen LogP contribution in [0.25, 0.3) is 0 Å². The zero-order chi connectivity index (χ0) is 22.1. The molecule has 3 atom stereocenters. The summed E-state index contributed by atoms with van der Waals surface area (Å²) in [5.74, 6) is -1.54. The first-order valence-electron chi connectivity index (χ1n) is 9.49. The van der Waals surface area contributed by atoms with Gasteiger partial charge in [0.1, 0.15) is 28.8 Å². The number of alkyl carbamates (subject to hydrolysis) is 1. The van der Waals surface area contributed by atoms with Gasteiger partial charge in [0.2, 0.25) is 5.91 Å². The van der Waals surface area contributed by atoms with Crippen molar-refractivity contribution in [3.63, 3.8) is 0 Å². The predicted molar refractivity (Wildman–Crippen MR) is 108 cm³/mol. The Kier molecular flexibility index (Phi) is 6.87. The zero-order valence-electron chi connectivity index (χ0n) is 17.6. The van der Waals surface area contributed by atoms with Gasteiger partial charge < -0.3 is 20.5 Å². The molecule has 2 aliphatic rings. The van der Waals surface area contributed by atoms with Gasteiger partial charge in [-0.15, -0.1) is 11.8 Å². The van der Waals surface area contributed by atoms with Crippen molar-refractivity contribution in [2.45, 2.75) is 71.0 Å². The molecule has 1 saturated heterocycles. The Balaban J connectivity index is 2.07. The second kappa shape index (κ2) is 8.64. The van der Waals surface area contributed by atoms with Gasteiger partial charge >= 0.3 is 12.1 Å². The molecule has 0 spiro atoms. The van der Waals surface area contributed by atoms with E-state index in [9.17, 15) is 24.3 Å². The van der Waals surface area contributed by atoms with Gasteiger partial charge in [0.05, 0.1) is 0 Å². The summed E-state index contributed by atoms with van der Waals surface area (Å²) < 4.78 is 5.22. The van der Waals surface area contributed by atoms with E-state index in [0.29, 0.717) is 17.7 Å². The highest BCUT2D eigenvalue weighted by Crippen LogP contribution is 2.40. The number of thioether (sulfide) groups is 1. The number of nitrogens with zero attached hydrogens (tertiary/aromatic N) is 1. The molecule has 0 bridgehead atoms. The number of fused-ring (bicyclic) bond motifs is 1. The van der Waals surface area contributed by atoms with Crippen molar-refractivity contribution in [3.05, 3.63) is 11.3 Å². The minimum absolute atomic E-state index is 0.0186. The maximum absolute atomic E-state index is 12.8. The monoisotopic (exact) mass is 427 g/mol. The highest BCUT2D eigenvalue weighted by Gasteiger charge is 2.54. The van der Waals surface area contributed by atoms with E-state index in [1.807, 2.05) is 13.8 Å². The quantitative estimate of drug-likeness (QED) is 0.551. The number of ether oxygens (including phenoxy) is 1. The predicted octanol–water partition coefficient (Wildman–Crippen LogP) is 1.68. The molecule has 3 N–H and O–H groups in total. The van der Waals surface area contributed by atoms with Crippen molar-refractivity contribution < 1.29 is 29.0 Å². The number of aliphatic carboxylic acids is 1. The largest absolute Gasteiger partial charge is 0.477 e. The van der Waals surface area contributed by atoms with E-state index in [1.165, 1.54) is 16.7 Å². The van der Waals surface area contributed by atoms with Crippen molar-refractivity contribution in [1.29, 1.82) is 0 Å². The van der Waals surface area contributed by atoms with Gasteiger partial charge in [-0.05, 0) is 45.6 Å². The van der Waals surface area contributed by atoms with Crippen LogP contribution >= 0.6 is 11.8 Å². The number of rotatable bonds is 6. The number of β-lactam (4-membered cyclic amide) rings is 1. The van der Waals surface area contributed by atoms with Crippen molar-refractivity contribution in [2.75, 3.05) is 5.75 Å². The van der Waals surface area contributed by atoms with Crippen LogP contribution in [0.5, 0.6) is 0 Å². The summed E-state index contributed by atoms with van der Waals surface area (Å²) in [5.41, 5.74) is -0.111. The van der Waals surface area contributed by atoms with E-state index >= 15 is 0 Å². The van der Waals surface area contributed by atoms with E-state index in [4.69, 9.17) is 4.74 Å². The molecule has 3 amide bonds. The third kappa shape index (κ3) is 5.43. The minimum Gasteiger partial charge on any atom is -0.477 e. The molecule has 0 unspecified atom stereocenters. The van der Waals surface area contributed by atoms with Gasteiger partial charge in [-0.2, -0.15) is 0 Å². The number of amides is 3. The summed E-state index contributed by atoms with van der Waals surface area (Å²) >= 11 is 1.40. The van der Waals surface area contributed by atoms with Gasteiger partial charge in [-0.3, -0.25) is 14.5 Å². The van der Waals surface area contributed by atoms with Gasteiger partial charge in [-0.1, -0.05) is 13.8 Å². The lowest BCUT2D eigenvalue weighted by atomic mass is 10.00. The molecule has 29 heavy (non-hydrogen) atoms. The summed E-state index contributed by atoms with van der Waals surface area (Å²) in [6.07, 6.45) is -0.342. The molecule has 2 aliphatic heterocycles. The average molecular weight is 428 g/mol. The fourth-order valence-electron chi connectivity index (χ4n) is 3.18. The molecule has 0 aromatic carbocycles. The van der Waals surface area contributed by atoms with Crippen LogP contribution in [0.15, 0.2) is 11.3 Å². The fourth-order valence-corrected chi connectivity index (χ4v) is 4.47. The molecule has 10 heteroatoms. The van der Waals surface area contributed by atoms with Crippen LogP contribution in [-0.2, 0) is 19.1 Å². The van der Waals surface area contributed by atoms with Crippen molar-refractivity contribution in [3.8, 4) is 0 Å². The topological polar surface area (TPSA) is 125 Å². The molecular formula is C19H29N3O6S. The molecule has 0 aromatic rings. The maximum Gasteiger partial charge on any atom is 0.408 e. The summed E-state index contributed by atoms with van der Waals surface area (Å²) in [6, 6.07) is -1.69.